The van der Waals surface area contributed by atoms with Crippen LogP contribution in [0.2, 0.25) is 0 Å². The average Bonchev–Trinajstić information content (AvgIpc) is 3.10. The van der Waals surface area contributed by atoms with Crippen LogP contribution in [0.4, 0.5) is 0 Å². The van der Waals surface area contributed by atoms with Crippen molar-refractivity contribution in [3.8, 4) is 0 Å². The van der Waals surface area contributed by atoms with Gasteiger partial charge in [-0.25, -0.2) is 4.98 Å². The fourth-order valence-electron chi connectivity index (χ4n) is 3.16. The molecule has 8 heteroatoms. The number of benzene rings is 1. The van der Waals surface area contributed by atoms with Crippen molar-refractivity contribution in [2.45, 2.75) is 29.5 Å². The van der Waals surface area contributed by atoms with E-state index in [0.717, 1.165) is 47.9 Å². The second kappa shape index (κ2) is 10.7. The third-order valence-electron chi connectivity index (χ3n) is 4.55. The number of rotatable bonds is 5. The molecule has 0 spiro atoms. The number of thioether (sulfide) groups is 1. The highest BCUT2D eigenvalue weighted by molar-refractivity contribution is 7.98. The van der Waals surface area contributed by atoms with E-state index in [4.69, 9.17) is 0 Å². The van der Waals surface area contributed by atoms with Gasteiger partial charge in [0.15, 0.2) is 0 Å². The van der Waals surface area contributed by atoms with Crippen LogP contribution in [-0.4, -0.2) is 34.4 Å². The van der Waals surface area contributed by atoms with Gasteiger partial charge < -0.3 is 15.0 Å². The zero-order valence-corrected chi connectivity index (χ0v) is 17.8. The molecule has 28 heavy (non-hydrogen) atoms. The number of fused-ring (bicyclic) bond motifs is 1. The van der Waals surface area contributed by atoms with Crippen molar-refractivity contribution in [2.75, 3.05) is 13.1 Å². The molecule has 0 saturated carbocycles. The summed E-state index contributed by atoms with van der Waals surface area (Å²) in [6.07, 6.45) is 6.23. The van der Waals surface area contributed by atoms with E-state index < -0.39 is 0 Å². The predicted molar refractivity (Wildman–Crippen MR) is 119 cm³/mol. The maximum Gasteiger partial charge on any atom is 0.251 e. The van der Waals surface area contributed by atoms with Crippen LogP contribution in [0.1, 0.15) is 28.9 Å². The average molecular weight is 439 g/mol. The van der Waals surface area contributed by atoms with Crippen molar-refractivity contribution in [2.24, 2.45) is 0 Å². The maximum absolute atomic E-state index is 12.3. The van der Waals surface area contributed by atoms with Gasteiger partial charge in [-0.05, 0) is 55.8 Å². The lowest BCUT2D eigenvalue weighted by atomic mass is 10.1. The van der Waals surface area contributed by atoms with Crippen LogP contribution < -0.4 is 10.6 Å². The zero-order chi connectivity index (χ0) is 17.8. The van der Waals surface area contributed by atoms with E-state index in [1.807, 2.05) is 53.1 Å². The number of hydrogen-bond acceptors (Lipinski definition) is 4. The van der Waals surface area contributed by atoms with E-state index in [1.165, 1.54) is 0 Å². The number of piperidine rings is 1. The third-order valence-corrected chi connectivity index (χ3v) is 5.59. The molecule has 1 fully saturated rings. The van der Waals surface area contributed by atoms with Crippen molar-refractivity contribution in [1.29, 1.82) is 0 Å². The number of nitrogens with zero attached hydrogens (tertiary/aromatic N) is 2. The summed E-state index contributed by atoms with van der Waals surface area (Å²) in [5.74, 6) is 0.816. The molecule has 0 aliphatic carbocycles. The number of amides is 1. The van der Waals surface area contributed by atoms with Crippen LogP contribution in [0, 0.1) is 0 Å². The van der Waals surface area contributed by atoms with Gasteiger partial charge in [-0.2, -0.15) is 0 Å². The fourth-order valence-corrected chi connectivity index (χ4v) is 3.94. The van der Waals surface area contributed by atoms with Gasteiger partial charge in [-0.3, -0.25) is 4.79 Å². The van der Waals surface area contributed by atoms with Crippen LogP contribution in [0.15, 0.2) is 59.8 Å². The van der Waals surface area contributed by atoms with Gasteiger partial charge in [0, 0.05) is 41.2 Å². The number of pyridine rings is 1. The first-order chi connectivity index (χ1) is 12.8. The predicted octanol–water partition coefficient (Wildman–Crippen LogP) is 3.95. The quantitative estimate of drug-likeness (QED) is 0.591. The third kappa shape index (κ3) is 5.64. The Bertz CT molecular complexity index is 862. The Labute approximate surface area is 181 Å². The van der Waals surface area contributed by atoms with Crippen LogP contribution in [0.5, 0.6) is 0 Å². The lowest BCUT2D eigenvalue weighted by Gasteiger charge is -2.23. The summed E-state index contributed by atoms with van der Waals surface area (Å²) in [7, 11) is 0. The molecule has 0 radical (unpaired) electrons. The Hall–Kier alpha value is -1.73. The molecule has 1 aromatic carbocycles. The summed E-state index contributed by atoms with van der Waals surface area (Å²) in [5.41, 5.74) is 2.73. The van der Waals surface area contributed by atoms with Crippen LogP contribution in [0.25, 0.3) is 5.65 Å². The Morgan fingerprint density at radius 3 is 2.75 bits per heavy atom. The molecular weight excluding hydrogens is 415 g/mol. The van der Waals surface area contributed by atoms with Crippen LogP contribution in [-0.2, 0) is 5.75 Å². The molecule has 1 atom stereocenters. The van der Waals surface area contributed by atoms with Crippen LogP contribution in [0.3, 0.4) is 0 Å². The standard InChI is InChI=1S/C20H22N4OS.2ClH/c25-20(23-16-4-3-10-21-12-16)15-6-8-18(9-7-15)26-14-17-13-24-11-2-1-5-19(24)22-17;;/h1-2,5-9,11,13,16,21H,3-4,10,12,14H2,(H,23,25);2*1H. The first-order valence-corrected chi connectivity index (χ1v) is 9.93. The van der Waals surface area contributed by atoms with E-state index in [1.54, 1.807) is 11.8 Å². The molecule has 5 nitrogen and oxygen atoms in total. The minimum atomic E-state index is 0. The molecule has 0 bridgehead atoms. The van der Waals surface area contributed by atoms with E-state index in [0.29, 0.717) is 5.56 Å². The minimum Gasteiger partial charge on any atom is -0.348 e. The molecule has 1 unspecified atom stereocenters. The normalized spacial score (nSPS) is 16.1. The number of aromatic nitrogens is 2. The topological polar surface area (TPSA) is 58.4 Å². The number of halogens is 2. The lowest BCUT2D eigenvalue weighted by Crippen LogP contribution is -2.45. The Kier molecular flexibility index (Phi) is 8.63. The van der Waals surface area contributed by atoms with Gasteiger partial charge in [0.2, 0.25) is 0 Å². The van der Waals surface area contributed by atoms with Crippen LogP contribution >= 0.6 is 36.6 Å². The van der Waals surface area contributed by atoms with Gasteiger partial charge in [0.1, 0.15) is 5.65 Å². The Morgan fingerprint density at radius 2 is 2.04 bits per heavy atom. The molecule has 1 amide bonds. The van der Waals surface area contributed by atoms with Crippen molar-refractivity contribution in [3.63, 3.8) is 0 Å². The van der Waals surface area contributed by atoms with Gasteiger partial charge >= 0.3 is 0 Å². The summed E-state index contributed by atoms with van der Waals surface area (Å²) >= 11 is 1.73. The highest BCUT2D eigenvalue weighted by Gasteiger charge is 2.16. The smallest absolute Gasteiger partial charge is 0.251 e. The molecule has 2 N–H and O–H groups in total. The molecule has 1 aliphatic heterocycles. The van der Waals surface area contributed by atoms with Crippen molar-refractivity contribution >= 4 is 48.1 Å². The number of hydrogen-bond donors (Lipinski definition) is 2. The number of nitrogens with one attached hydrogen (secondary N) is 2. The summed E-state index contributed by atoms with van der Waals surface area (Å²) in [4.78, 5) is 18.1. The maximum atomic E-state index is 12.3. The summed E-state index contributed by atoms with van der Waals surface area (Å²) in [6.45, 7) is 1.91. The summed E-state index contributed by atoms with van der Waals surface area (Å²) in [6, 6.07) is 14.0. The monoisotopic (exact) mass is 438 g/mol. The SMILES string of the molecule is Cl.Cl.O=C(NC1CCCNC1)c1ccc(SCc2cn3ccccc3n2)cc1. The summed E-state index contributed by atoms with van der Waals surface area (Å²) < 4.78 is 2.03. The lowest BCUT2D eigenvalue weighted by molar-refractivity contribution is 0.0930. The van der Waals surface area contributed by atoms with Crippen molar-refractivity contribution in [1.82, 2.24) is 20.0 Å². The molecule has 150 valence electrons. The molecule has 1 aliphatic rings. The minimum absolute atomic E-state index is 0. The second-order valence-electron chi connectivity index (χ2n) is 6.53. The molecule has 3 heterocycles. The first kappa shape index (κ1) is 22.6. The van der Waals surface area contributed by atoms with E-state index in [2.05, 4.69) is 21.8 Å². The Balaban J connectivity index is 0.00000140. The van der Waals surface area contributed by atoms with Gasteiger partial charge in [0.05, 0.1) is 5.69 Å². The van der Waals surface area contributed by atoms with Gasteiger partial charge in [-0.1, -0.05) is 6.07 Å². The van der Waals surface area contributed by atoms with Gasteiger partial charge in [-0.15, -0.1) is 36.6 Å². The molecule has 1 saturated heterocycles. The second-order valence-corrected chi connectivity index (χ2v) is 7.58. The first-order valence-electron chi connectivity index (χ1n) is 8.95. The molecule has 3 aromatic rings. The number of carbonyl (C=O) groups excluding carboxylic acids is 1. The molecular formula is C20H24Cl2N4OS. The molecule has 4 rings (SSSR count). The fraction of sp³-hybridized carbons (Fsp3) is 0.300. The van der Waals surface area contributed by atoms with Gasteiger partial charge in [0.25, 0.3) is 5.91 Å². The molecule has 2 aromatic heterocycles. The van der Waals surface area contributed by atoms with E-state index in [-0.39, 0.29) is 36.8 Å². The van der Waals surface area contributed by atoms with E-state index in [9.17, 15) is 4.79 Å². The highest BCUT2D eigenvalue weighted by atomic mass is 35.5. The number of carbonyl (C=O) groups is 1. The van der Waals surface area contributed by atoms with Crippen molar-refractivity contribution in [3.05, 3.63) is 66.1 Å². The number of imidazole rings is 1. The summed E-state index contributed by atoms with van der Waals surface area (Å²) in [5, 5.41) is 6.42. The zero-order valence-electron chi connectivity index (χ0n) is 15.3. The van der Waals surface area contributed by atoms with E-state index >= 15 is 0 Å². The largest absolute Gasteiger partial charge is 0.348 e. The van der Waals surface area contributed by atoms with Crippen molar-refractivity contribution < 1.29 is 4.79 Å². The highest BCUT2D eigenvalue weighted by Crippen LogP contribution is 2.23. The Morgan fingerprint density at radius 1 is 1.21 bits per heavy atom.